The van der Waals surface area contributed by atoms with E-state index < -0.39 is 11.7 Å². The lowest BCUT2D eigenvalue weighted by molar-refractivity contribution is 0.0933. The lowest BCUT2D eigenvalue weighted by atomic mass is 10.0. The van der Waals surface area contributed by atoms with E-state index in [-0.39, 0.29) is 16.6 Å². The van der Waals surface area contributed by atoms with E-state index >= 15 is 0 Å². The van der Waals surface area contributed by atoms with E-state index in [2.05, 4.69) is 19.2 Å². The summed E-state index contributed by atoms with van der Waals surface area (Å²) in [5.74, 6) is -0.452. The van der Waals surface area contributed by atoms with Crippen LogP contribution in [0.4, 0.5) is 4.39 Å². The topological polar surface area (TPSA) is 29.1 Å². The molecule has 0 aromatic heterocycles. The number of nitrogens with one attached hydrogen (secondary N) is 1. The van der Waals surface area contributed by atoms with Crippen molar-refractivity contribution in [2.45, 2.75) is 39.7 Å². The molecule has 0 spiro atoms. The lowest BCUT2D eigenvalue weighted by Crippen LogP contribution is -2.33. The standard InChI is InChI=1S/C14H19ClFNO/c1-9(2)7-8-10(3)17-14(18)13-11(15)5-4-6-12(13)16/h4-6,9-10H,7-8H2,1-3H3,(H,17,18). The molecular formula is C14H19ClFNO. The summed E-state index contributed by atoms with van der Waals surface area (Å²) in [6, 6.07) is 4.24. The molecule has 1 aromatic carbocycles. The van der Waals surface area contributed by atoms with Crippen molar-refractivity contribution in [2.24, 2.45) is 5.92 Å². The van der Waals surface area contributed by atoms with E-state index in [1.807, 2.05) is 6.92 Å². The van der Waals surface area contributed by atoms with Gasteiger partial charge in [0.05, 0.1) is 10.6 Å². The summed E-state index contributed by atoms with van der Waals surface area (Å²) in [5.41, 5.74) is -0.0736. The first kappa shape index (κ1) is 15.0. The molecule has 0 aliphatic rings. The SMILES string of the molecule is CC(C)CCC(C)NC(=O)c1c(F)cccc1Cl. The molecule has 100 valence electrons. The Morgan fingerprint density at radius 2 is 2.00 bits per heavy atom. The fourth-order valence-corrected chi connectivity index (χ4v) is 1.92. The lowest BCUT2D eigenvalue weighted by Gasteiger charge is -2.15. The van der Waals surface area contributed by atoms with Crippen molar-refractivity contribution in [3.8, 4) is 0 Å². The monoisotopic (exact) mass is 271 g/mol. The maximum atomic E-state index is 13.5. The van der Waals surface area contributed by atoms with Crippen LogP contribution in [0.3, 0.4) is 0 Å². The maximum absolute atomic E-state index is 13.5. The first-order valence-electron chi connectivity index (χ1n) is 6.16. The van der Waals surface area contributed by atoms with Crippen LogP contribution in [0.2, 0.25) is 5.02 Å². The van der Waals surface area contributed by atoms with Crippen LogP contribution >= 0.6 is 11.6 Å². The Kier molecular flexibility index (Phi) is 5.60. The number of carbonyl (C=O) groups is 1. The third-order valence-electron chi connectivity index (χ3n) is 2.74. The van der Waals surface area contributed by atoms with Gasteiger partial charge >= 0.3 is 0 Å². The third kappa shape index (κ3) is 4.30. The molecule has 0 fully saturated rings. The molecule has 2 nitrogen and oxygen atoms in total. The highest BCUT2D eigenvalue weighted by molar-refractivity contribution is 6.33. The van der Waals surface area contributed by atoms with E-state index in [1.165, 1.54) is 18.2 Å². The minimum absolute atomic E-state index is 0.00979. The summed E-state index contributed by atoms with van der Waals surface area (Å²) in [7, 11) is 0. The van der Waals surface area contributed by atoms with E-state index in [1.54, 1.807) is 0 Å². The number of carbonyl (C=O) groups excluding carboxylic acids is 1. The number of amides is 1. The third-order valence-corrected chi connectivity index (χ3v) is 3.06. The normalized spacial score (nSPS) is 12.6. The molecule has 1 aromatic rings. The quantitative estimate of drug-likeness (QED) is 0.861. The van der Waals surface area contributed by atoms with Gasteiger partial charge in [0, 0.05) is 6.04 Å². The van der Waals surface area contributed by atoms with Crippen LogP contribution in [0.5, 0.6) is 0 Å². The van der Waals surface area contributed by atoms with Crippen molar-refractivity contribution in [3.63, 3.8) is 0 Å². The second kappa shape index (κ2) is 6.74. The minimum atomic E-state index is -0.587. The van der Waals surface area contributed by atoms with Gasteiger partial charge in [0.25, 0.3) is 5.91 Å². The molecule has 4 heteroatoms. The molecule has 0 bridgehead atoms. The Hall–Kier alpha value is -1.09. The van der Waals surface area contributed by atoms with Gasteiger partial charge in [-0.05, 0) is 37.8 Å². The highest BCUT2D eigenvalue weighted by Crippen LogP contribution is 2.19. The average Bonchev–Trinajstić information content (AvgIpc) is 2.26. The van der Waals surface area contributed by atoms with Crippen LogP contribution in [0.1, 0.15) is 44.0 Å². The fourth-order valence-electron chi connectivity index (χ4n) is 1.67. The number of benzene rings is 1. The van der Waals surface area contributed by atoms with Crippen molar-refractivity contribution in [1.29, 1.82) is 0 Å². The number of hydrogen-bond acceptors (Lipinski definition) is 1. The molecule has 18 heavy (non-hydrogen) atoms. The predicted molar refractivity (Wildman–Crippen MR) is 72.4 cm³/mol. The Morgan fingerprint density at radius 3 is 2.56 bits per heavy atom. The molecule has 0 heterocycles. The largest absolute Gasteiger partial charge is 0.349 e. The number of hydrogen-bond donors (Lipinski definition) is 1. The zero-order chi connectivity index (χ0) is 13.7. The van der Waals surface area contributed by atoms with E-state index in [4.69, 9.17) is 11.6 Å². The van der Waals surface area contributed by atoms with Crippen LogP contribution < -0.4 is 5.32 Å². The Morgan fingerprint density at radius 1 is 1.33 bits per heavy atom. The number of rotatable bonds is 5. The van der Waals surface area contributed by atoms with Crippen LogP contribution in [0.15, 0.2) is 18.2 Å². The van der Waals surface area contributed by atoms with E-state index in [0.717, 1.165) is 12.8 Å². The minimum Gasteiger partial charge on any atom is -0.349 e. The molecule has 1 atom stereocenters. The Labute approximate surface area is 113 Å². The molecule has 0 saturated carbocycles. The summed E-state index contributed by atoms with van der Waals surface area (Å²) < 4.78 is 13.5. The van der Waals surface area contributed by atoms with Gasteiger partial charge in [0.2, 0.25) is 0 Å². The predicted octanol–water partition coefficient (Wildman–Crippen LogP) is 4.03. The van der Waals surface area contributed by atoms with Crippen molar-refractivity contribution in [3.05, 3.63) is 34.6 Å². The Bertz CT molecular complexity index is 400. The van der Waals surface area contributed by atoms with Crippen LogP contribution in [0, 0.1) is 11.7 Å². The van der Waals surface area contributed by atoms with Crippen LogP contribution in [-0.2, 0) is 0 Å². The van der Waals surface area contributed by atoms with E-state index in [9.17, 15) is 9.18 Å². The second-order valence-electron chi connectivity index (χ2n) is 4.94. The van der Waals surface area contributed by atoms with Gasteiger partial charge in [-0.1, -0.05) is 31.5 Å². The molecule has 0 radical (unpaired) electrons. The van der Waals surface area contributed by atoms with Gasteiger partial charge in [-0.15, -0.1) is 0 Å². The zero-order valence-electron chi connectivity index (χ0n) is 11.0. The van der Waals surface area contributed by atoms with Gasteiger partial charge in [-0.2, -0.15) is 0 Å². The summed E-state index contributed by atoms with van der Waals surface area (Å²) in [5, 5.41) is 2.91. The smallest absolute Gasteiger partial charge is 0.255 e. The fraction of sp³-hybridized carbons (Fsp3) is 0.500. The van der Waals surface area contributed by atoms with Crippen molar-refractivity contribution >= 4 is 17.5 Å². The maximum Gasteiger partial charge on any atom is 0.255 e. The van der Waals surface area contributed by atoms with Gasteiger partial charge in [0.15, 0.2) is 0 Å². The van der Waals surface area contributed by atoms with Crippen molar-refractivity contribution < 1.29 is 9.18 Å². The van der Waals surface area contributed by atoms with Crippen molar-refractivity contribution in [2.75, 3.05) is 0 Å². The molecule has 0 aliphatic carbocycles. The van der Waals surface area contributed by atoms with Gasteiger partial charge in [-0.25, -0.2) is 4.39 Å². The molecule has 1 N–H and O–H groups in total. The molecule has 1 rings (SSSR count). The molecule has 1 unspecified atom stereocenters. The molecule has 0 aliphatic heterocycles. The van der Waals surface area contributed by atoms with Gasteiger partial charge < -0.3 is 5.32 Å². The van der Waals surface area contributed by atoms with E-state index in [0.29, 0.717) is 5.92 Å². The number of halogens is 2. The van der Waals surface area contributed by atoms with Gasteiger partial charge in [-0.3, -0.25) is 4.79 Å². The van der Waals surface area contributed by atoms with Gasteiger partial charge in [0.1, 0.15) is 5.82 Å². The highest BCUT2D eigenvalue weighted by Gasteiger charge is 2.17. The Balaban J connectivity index is 2.65. The molecule has 1 amide bonds. The van der Waals surface area contributed by atoms with Crippen LogP contribution in [0.25, 0.3) is 0 Å². The second-order valence-corrected chi connectivity index (χ2v) is 5.35. The molecule has 0 saturated heterocycles. The highest BCUT2D eigenvalue weighted by atomic mass is 35.5. The first-order valence-corrected chi connectivity index (χ1v) is 6.54. The first-order chi connectivity index (χ1) is 8.41. The molecular weight excluding hydrogens is 253 g/mol. The summed E-state index contributed by atoms with van der Waals surface area (Å²) in [4.78, 5) is 11.9. The summed E-state index contributed by atoms with van der Waals surface area (Å²) in [6.45, 7) is 6.17. The van der Waals surface area contributed by atoms with Crippen LogP contribution in [-0.4, -0.2) is 11.9 Å². The summed E-state index contributed by atoms with van der Waals surface area (Å²) in [6.07, 6.45) is 1.89. The average molecular weight is 272 g/mol. The van der Waals surface area contributed by atoms with Crippen molar-refractivity contribution in [1.82, 2.24) is 5.32 Å². The summed E-state index contributed by atoms with van der Waals surface area (Å²) >= 11 is 5.83. The zero-order valence-corrected chi connectivity index (χ0v) is 11.7.